The van der Waals surface area contributed by atoms with E-state index in [1.54, 1.807) is 6.20 Å². The van der Waals surface area contributed by atoms with E-state index >= 15 is 0 Å². The van der Waals surface area contributed by atoms with Gasteiger partial charge < -0.3 is 10.6 Å². The number of rotatable bonds is 6. The Bertz CT molecular complexity index is 1280. The van der Waals surface area contributed by atoms with Crippen LogP contribution in [0.25, 0.3) is 22.2 Å². The third-order valence-corrected chi connectivity index (χ3v) is 5.59. The summed E-state index contributed by atoms with van der Waals surface area (Å²) >= 11 is 0. The van der Waals surface area contributed by atoms with Crippen molar-refractivity contribution in [1.82, 2.24) is 35.3 Å². The van der Waals surface area contributed by atoms with Gasteiger partial charge in [0.2, 0.25) is 5.91 Å². The molecule has 1 saturated heterocycles. The molecule has 1 aliphatic rings. The van der Waals surface area contributed by atoms with E-state index in [0.29, 0.717) is 30.5 Å². The first kappa shape index (κ1) is 20.0. The van der Waals surface area contributed by atoms with Gasteiger partial charge in [-0.05, 0) is 42.2 Å². The quantitative estimate of drug-likeness (QED) is 0.484. The molecule has 0 spiro atoms. The number of hydrogen-bond donors (Lipinski definition) is 2. The van der Waals surface area contributed by atoms with E-state index in [2.05, 4.69) is 44.8 Å². The summed E-state index contributed by atoms with van der Waals surface area (Å²) in [4.78, 5) is 20.7. The summed E-state index contributed by atoms with van der Waals surface area (Å²) < 4.78 is 1.86. The number of nitrogens with one attached hydrogen (secondary N) is 2. The zero-order valence-corrected chi connectivity index (χ0v) is 18.0. The maximum absolute atomic E-state index is 11.4. The SMILES string of the molecule is CC(C)c1cnnc(Nc2ccc3ncc(-c4cnn(CC5CCC(=O)N5)c4)cc3n2)c1. The number of hydrogen-bond acceptors (Lipinski definition) is 7. The summed E-state index contributed by atoms with van der Waals surface area (Å²) in [5.41, 5.74) is 4.59. The Labute approximate surface area is 185 Å². The zero-order valence-electron chi connectivity index (χ0n) is 18.0. The van der Waals surface area contributed by atoms with Gasteiger partial charge in [0.1, 0.15) is 5.82 Å². The van der Waals surface area contributed by atoms with Gasteiger partial charge in [-0.1, -0.05) is 13.8 Å². The largest absolute Gasteiger partial charge is 0.351 e. The molecular formula is C23H24N8O. The molecule has 9 heteroatoms. The minimum Gasteiger partial charge on any atom is -0.351 e. The Morgan fingerprint density at radius 2 is 2.03 bits per heavy atom. The second kappa shape index (κ2) is 8.33. The predicted molar refractivity (Wildman–Crippen MR) is 121 cm³/mol. The summed E-state index contributed by atoms with van der Waals surface area (Å²) in [5.74, 6) is 1.82. The van der Waals surface area contributed by atoms with Crippen LogP contribution < -0.4 is 10.6 Å². The summed E-state index contributed by atoms with van der Waals surface area (Å²) in [5, 5.41) is 18.9. The molecule has 0 aliphatic carbocycles. The van der Waals surface area contributed by atoms with Gasteiger partial charge in [-0.25, -0.2) is 4.98 Å². The van der Waals surface area contributed by atoms with Crippen LogP contribution in [0.1, 0.15) is 38.2 Å². The van der Waals surface area contributed by atoms with Crippen LogP contribution in [0.4, 0.5) is 11.6 Å². The van der Waals surface area contributed by atoms with Crippen LogP contribution in [0.15, 0.2) is 49.1 Å². The van der Waals surface area contributed by atoms with Crippen molar-refractivity contribution >= 4 is 28.6 Å². The first-order valence-corrected chi connectivity index (χ1v) is 10.7. The smallest absolute Gasteiger partial charge is 0.220 e. The van der Waals surface area contributed by atoms with Crippen molar-refractivity contribution in [3.05, 3.63) is 54.6 Å². The lowest BCUT2D eigenvalue weighted by Gasteiger charge is -2.09. The van der Waals surface area contributed by atoms with Gasteiger partial charge >= 0.3 is 0 Å². The highest BCUT2D eigenvalue weighted by molar-refractivity contribution is 5.81. The molecule has 0 saturated carbocycles. The Morgan fingerprint density at radius 1 is 1.12 bits per heavy atom. The van der Waals surface area contributed by atoms with E-state index in [4.69, 9.17) is 4.98 Å². The maximum atomic E-state index is 11.4. The minimum absolute atomic E-state index is 0.110. The van der Waals surface area contributed by atoms with E-state index in [9.17, 15) is 4.79 Å². The molecule has 162 valence electrons. The molecule has 0 bridgehead atoms. The Morgan fingerprint density at radius 3 is 2.84 bits per heavy atom. The van der Waals surface area contributed by atoms with E-state index < -0.39 is 0 Å². The topological polar surface area (TPSA) is 111 Å². The van der Waals surface area contributed by atoms with Crippen LogP contribution >= 0.6 is 0 Å². The van der Waals surface area contributed by atoms with Crippen LogP contribution in [-0.2, 0) is 11.3 Å². The van der Waals surface area contributed by atoms with Crippen molar-refractivity contribution in [3.8, 4) is 11.1 Å². The van der Waals surface area contributed by atoms with Crippen molar-refractivity contribution in [2.75, 3.05) is 5.32 Å². The van der Waals surface area contributed by atoms with Crippen molar-refractivity contribution in [2.24, 2.45) is 0 Å². The van der Waals surface area contributed by atoms with Gasteiger partial charge in [0.25, 0.3) is 0 Å². The average Bonchev–Trinajstić information content (AvgIpc) is 3.42. The number of carbonyl (C=O) groups is 1. The molecule has 2 N–H and O–H groups in total. The molecule has 0 radical (unpaired) electrons. The molecule has 5 heterocycles. The molecule has 32 heavy (non-hydrogen) atoms. The fourth-order valence-electron chi connectivity index (χ4n) is 3.78. The third-order valence-electron chi connectivity index (χ3n) is 5.59. The molecular weight excluding hydrogens is 404 g/mol. The van der Waals surface area contributed by atoms with Crippen molar-refractivity contribution < 1.29 is 4.79 Å². The lowest BCUT2D eigenvalue weighted by Crippen LogP contribution is -2.29. The fourth-order valence-corrected chi connectivity index (χ4v) is 3.78. The number of pyridine rings is 2. The molecule has 0 aromatic carbocycles. The molecule has 9 nitrogen and oxygen atoms in total. The second-order valence-electron chi connectivity index (χ2n) is 8.37. The predicted octanol–water partition coefficient (Wildman–Crippen LogP) is 3.43. The lowest BCUT2D eigenvalue weighted by atomic mass is 10.1. The van der Waals surface area contributed by atoms with Crippen LogP contribution in [0, 0.1) is 0 Å². The second-order valence-corrected chi connectivity index (χ2v) is 8.37. The molecule has 1 aliphatic heterocycles. The number of nitrogens with zero attached hydrogens (tertiary/aromatic N) is 6. The molecule has 4 aromatic heterocycles. The monoisotopic (exact) mass is 428 g/mol. The molecule has 1 atom stereocenters. The van der Waals surface area contributed by atoms with Crippen molar-refractivity contribution in [3.63, 3.8) is 0 Å². The fraction of sp³-hybridized carbons (Fsp3) is 0.304. The summed E-state index contributed by atoms with van der Waals surface area (Å²) in [6.45, 7) is 4.90. The van der Waals surface area contributed by atoms with Gasteiger partial charge in [-0.3, -0.25) is 14.5 Å². The lowest BCUT2D eigenvalue weighted by molar-refractivity contribution is -0.119. The van der Waals surface area contributed by atoms with E-state index in [1.807, 2.05) is 47.5 Å². The first-order chi connectivity index (χ1) is 15.5. The molecule has 1 fully saturated rings. The van der Waals surface area contributed by atoms with Gasteiger partial charge in [-0.2, -0.15) is 10.2 Å². The highest BCUT2D eigenvalue weighted by Gasteiger charge is 2.21. The highest BCUT2D eigenvalue weighted by Crippen LogP contribution is 2.24. The van der Waals surface area contributed by atoms with Crippen molar-refractivity contribution in [1.29, 1.82) is 0 Å². The minimum atomic E-state index is 0.110. The zero-order chi connectivity index (χ0) is 22.1. The summed E-state index contributed by atoms with van der Waals surface area (Å²) in [6, 6.07) is 7.94. The highest BCUT2D eigenvalue weighted by atomic mass is 16.1. The van der Waals surface area contributed by atoms with E-state index in [0.717, 1.165) is 34.1 Å². The average molecular weight is 429 g/mol. The molecule has 4 aromatic rings. The van der Waals surface area contributed by atoms with Crippen LogP contribution in [0.3, 0.4) is 0 Å². The Kier molecular flexibility index (Phi) is 5.22. The van der Waals surface area contributed by atoms with Gasteiger partial charge in [0.05, 0.1) is 30.0 Å². The van der Waals surface area contributed by atoms with Gasteiger partial charge in [0, 0.05) is 36.0 Å². The van der Waals surface area contributed by atoms with Crippen LogP contribution in [0.2, 0.25) is 0 Å². The van der Waals surface area contributed by atoms with Crippen LogP contribution in [0.5, 0.6) is 0 Å². The third kappa shape index (κ3) is 4.27. The Balaban J connectivity index is 1.37. The standard InChI is InChI=1S/C23H24N8O/c1-14(2)15-8-22(30-25-10-15)29-21-5-4-19-20(28-21)7-16(9-24-19)17-11-26-31(12-17)13-18-3-6-23(32)27-18/h4-5,7-12,14,18H,3,6,13H2,1-2H3,(H,27,32)(H,28,29,30). The number of fused-ring (bicyclic) bond motifs is 1. The Hall–Kier alpha value is -3.88. The number of anilines is 2. The molecule has 1 amide bonds. The van der Waals surface area contributed by atoms with E-state index in [1.165, 1.54) is 0 Å². The number of amides is 1. The number of carbonyl (C=O) groups excluding carboxylic acids is 1. The van der Waals surface area contributed by atoms with Crippen LogP contribution in [-0.4, -0.2) is 41.9 Å². The molecule has 5 rings (SSSR count). The van der Waals surface area contributed by atoms with E-state index in [-0.39, 0.29) is 11.9 Å². The number of aromatic nitrogens is 6. The first-order valence-electron chi connectivity index (χ1n) is 10.7. The molecule has 1 unspecified atom stereocenters. The summed E-state index contributed by atoms with van der Waals surface area (Å²) in [7, 11) is 0. The maximum Gasteiger partial charge on any atom is 0.220 e. The van der Waals surface area contributed by atoms with Crippen molar-refractivity contribution in [2.45, 2.75) is 45.2 Å². The normalized spacial score (nSPS) is 16.0. The van der Waals surface area contributed by atoms with Gasteiger partial charge in [0.15, 0.2) is 5.82 Å². The van der Waals surface area contributed by atoms with Gasteiger partial charge in [-0.15, -0.1) is 5.10 Å². The summed E-state index contributed by atoms with van der Waals surface area (Å²) in [6.07, 6.45) is 8.82.